The maximum atomic E-state index is 14.6. The molecule has 0 aliphatic heterocycles. The van der Waals surface area contributed by atoms with Gasteiger partial charge in [0.15, 0.2) is 23.7 Å². The normalized spacial score (nSPS) is 12.3. The molecule has 140 valence electrons. The number of likely N-dealkylation sites (N-methyl/N-ethyl adjacent to an activating group) is 1. The fraction of sp³-hybridized carbons (Fsp3) is 0.316. The van der Waals surface area contributed by atoms with Crippen LogP contribution in [0.2, 0.25) is 0 Å². The maximum absolute atomic E-state index is 14.6. The predicted octanol–water partition coefficient (Wildman–Crippen LogP) is 4.21. The monoisotopic (exact) mass is 367 g/mol. The van der Waals surface area contributed by atoms with Gasteiger partial charge in [-0.2, -0.15) is 0 Å². The molecule has 0 aromatic heterocycles. The number of aliphatic carboxylic acids is 1. The Kier molecular flexibility index (Phi) is 6.26. The van der Waals surface area contributed by atoms with Crippen molar-refractivity contribution in [2.75, 3.05) is 13.6 Å². The molecule has 0 radical (unpaired) electrons. The quantitative estimate of drug-likeness (QED) is 0.588. The van der Waals surface area contributed by atoms with Gasteiger partial charge in [0.05, 0.1) is 12.1 Å². The second kappa shape index (κ2) is 8.23. The topological polar surface area (TPSA) is 49.8 Å². The van der Waals surface area contributed by atoms with Crippen molar-refractivity contribution in [3.63, 3.8) is 0 Å². The first-order chi connectivity index (χ1) is 12.3. The summed E-state index contributed by atoms with van der Waals surface area (Å²) in [4.78, 5) is 12.3. The van der Waals surface area contributed by atoms with Gasteiger partial charge >= 0.3 is 5.97 Å². The van der Waals surface area contributed by atoms with Crippen LogP contribution in [-0.4, -0.2) is 35.8 Å². The molecule has 0 heterocycles. The van der Waals surface area contributed by atoms with Gasteiger partial charge in [0.1, 0.15) is 5.75 Å². The molecule has 0 amide bonds. The van der Waals surface area contributed by atoms with Gasteiger partial charge in [0.25, 0.3) is 0 Å². The smallest absolute Gasteiger partial charge is 0.317 e. The number of hydrogen-bond donors (Lipinski definition) is 1. The SMILES string of the molecule is CCC(Oc1c(C)c(F)c(F)c(F)c1-c1ccccc1)N(C)CC(=O)O. The zero-order valence-electron chi connectivity index (χ0n) is 14.7. The van der Waals surface area contributed by atoms with Crippen LogP contribution >= 0.6 is 0 Å². The summed E-state index contributed by atoms with van der Waals surface area (Å²) in [6.07, 6.45) is -0.394. The fourth-order valence-electron chi connectivity index (χ4n) is 2.70. The van der Waals surface area contributed by atoms with Gasteiger partial charge in [0.2, 0.25) is 0 Å². The van der Waals surface area contributed by atoms with Crippen LogP contribution in [0.25, 0.3) is 11.1 Å². The van der Waals surface area contributed by atoms with Gasteiger partial charge in [-0.15, -0.1) is 0 Å². The molecule has 0 saturated carbocycles. The van der Waals surface area contributed by atoms with Crippen LogP contribution in [0.5, 0.6) is 5.75 Å². The van der Waals surface area contributed by atoms with Crippen molar-refractivity contribution >= 4 is 5.97 Å². The van der Waals surface area contributed by atoms with E-state index in [0.29, 0.717) is 12.0 Å². The van der Waals surface area contributed by atoms with E-state index in [1.54, 1.807) is 37.3 Å². The van der Waals surface area contributed by atoms with Gasteiger partial charge in [-0.3, -0.25) is 9.69 Å². The Hall–Kier alpha value is -2.54. The van der Waals surface area contributed by atoms with Crippen molar-refractivity contribution in [1.29, 1.82) is 0 Å². The van der Waals surface area contributed by atoms with Crippen LogP contribution in [0.4, 0.5) is 13.2 Å². The number of carbonyl (C=O) groups is 1. The van der Waals surface area contributed by atoms with E-state index in [4.69, 9.17) is 9.84 Å². The Labute approximate surface area is 149 Å². The average Bonchev–Trinajstić information content (AvgIpc) is 2.61. The number of hydrogen-bond acceptors (Lipinski definition) is 3. The lowest BCUT2D eigenvalue weighted by Crippen LogP contribution is -2.39. The minimum Gasteiger partial charge on any atom is -0.480 e. The molecule has 0 fully saturated rings. The van der Waals surface area contributed by atoms with Crippen molar-refractivity contribution in [3.05, 3.63) is 53.3 Å². The number of carboxylic acid groups (broad SMARTS) is 1. The average molecular weight is 367 g/mol. The van der Waals surface area contributed by atoms with Gasteiger partial charge in [-0.05, 0) is 26.0 Å². The Morgan fingerprint density at radius 2 is 1.77 bits per heavy atom. The van der Waals surface area contributed by atoms with Crippen LogP contribution in [-0.2, 0) is 4.79 Å². The van der Waals surface area contributed by atoms with Crippen molar-refractivity contribution in [3.8, 4) is 16.9 Å². The number of halogens is 3. The van der Waals surface area contributed by atoms with Gasteiger partial charge in [-0.25, -0.2) is 13.2 Å². The largest absolute Gasteiger partial charge is 0.480 e. The molecule has 7 heteroatoms. The van der Waals surface area contributed by atoms with Crippen LogP contribution < -0.4 is 4.74 Å². The van der Waals surface area contributed by atoms with Gasteiger partial charge in [0, 0.05) is 5.56 Å². The van der Waals surface area contributed by atoms with Crippen LogP contribution in [0.3, 0.4) is 0 Å². The molecule has 0 saturated heterocycles. The highest BCUT2D eigenvalue weighted by Gasteiger charge is 2.27. The lowest BCUT2D eigenvalue weighted by atomic mass is 10.00. The molecule has 2 aromatic carbocycles. The lowest BCUT2D eigenvalue weighted by Gasteiger charge is -2.28. The molecular formula is C19H20F3NO3. The maximum Gasteiger partial charge on any atom is 0.317 e. The fourth-order valence-corrected chi connectivity index (χ4v) is 2.70. The minimum absolute atomic E-state index is 0.142. The molecule has 26 heavy (non-hydrogen) atoms. The third-order valence-electron chi connectivity index (χ3n) is 4.04. The molecule has 0 aliphatic rings. The molecule has 0 aliphatic carbocycles. The number of rotatable bonds is 7. The van der Waals surface area contributed by atoms with Crippen LogP contribution in [0.1, 0.15) is 18.9 Å². The van der Waals surface area contributed by atoms with Crippen LogP contribution in [0.15, 0.2) is 30.3 Å². The zero-order valence-corrected chi connectivity index (χ0v) is 14.7. The van der Waals surface area contributed by atoms with Crippen molar-refractivity contribution < 1.29 is 27.8 Å². The Morgan fingerprint density at radius 1 is 1.15 bits per heavy atom. The molecule has 2 rings (SSSR count). The van der Waals surface area contributed by atoms with E-state index >= 15 is 0 Å². The third-order valence-corrected chi connectivity index (χ3v) is 4.04. The first kappa shape index (κ1) is 19.8. The Morgan fingerprint density at radius 3 is 2.31 bits per heavy atom. The summed E-state index contributed by atoms with van der Waals surface area (Å²) < 4.78 is 48.4. The van der Waals surface area contributed by atoms with Crippen molar-refractivity contribution in [2.45, 2.75) is 26.5 Å². The summed E-state index contributed by atoms with van der Waals surface area (Å²) >= 11 is 0. The molecule has 1 N–H and O–H groups in total. The second-order valence-electron chi connectivity index (χ2n) is 5.93. The summed E-state index contributed by atoms with van der Waals surface area (Å²) in [7, 11) is 1.52. The van der Waals surface area contributed by atoms with Gasteiger partial charge in [-0.1, -0.05) is 37.3 Å². The lowest BCUT2D eigenvalue weighted by molar-refractivity contribution is -0.140. The number of benzene rings is 2. The standard InChI is InChI=1S/C19H20F3NO3/c1-4-13(23(3)10-14(24)25)26-19-11(2)16(20)18(22)17(21)15(19)12-8-6-5-7-9-12/h5-9,13H,4,10H2,1-3H3,(H,24,25). The van der Waals surface area contributed by atoms with E-state index in [-0.39, 0.29) is 23.4 Å². The third kappa shape index (κ3) is 3.99. The highest BCUT2D eigenvalue weighted by atomic mass is 19.2. The molecular weight excluding hydrogens is 347 g/mol. The summed E-state index contributed by atoms with van der Waals surface area (Å²) in [5.74, 6) is -5.44. The highest BCUT2D eigenvalue weighted by Crippen LogP contribution is 2.39. The minimum atomic E-state index is -1.57. The highest BCUT2D eigenvalue weighted by molar-refractivity contribution is 5.73. The second-order valence-corrected chi connectivity index (χ2v) is 5.93. The first-order valence-corrected chi connectivity index (χ1v) is 8.09. The van der Waals surface area contributed by atoms with Gasteiger partial charge < -0.3 is 9.84 Å². The number of carboxylic acids is 1. The van der Waals surface area contributed by atoms with E-state index < -0.39 is 29.6 Å². The van der Waals surface area contributed by atoms with E-state index in [1.165, 1.54) is 18.9 Å². The van der Waals surface area contributed by atoms with E-state index in [2.05, 4.69) is 0 Å². The summed E-state index contributed by atoms with van der Waals surface area (Å²) in [5, 5.41) is 8.94. The molecule has 0 spiro atoms. The number of ether oxygens (including phenoxy) is 1. The summed E-state index contributed by atoms with van der Waals surface area (Å²) in [6, 6.07) is 8.12. The predicted molar refractivity (Wildman–Crippen MR) is 91.5 cm³/mol. The van der Waals surface area contributed by atoms with Crippen molar-refractivity contribution in [2.24, 2.45) is 0 Å². The Balaban J connectivity index is 2.58. The first-order valence-electron chi connectivity index (χ1n) is 8.09. The summed E-state index contributed by atoms with van der Waals surface area (Å²) in [5.41, 5.74) is -0.0353. The van der Waals surface area contributed by atoms with E-state index in [1.807, 2.05) is 0 Å². The molecule has 2 aromatic rings. The number of nitrogens with zero attached hydrogens (tertiary/aromatic N) is 1. The summed E-state index contributed by atoms with van der Waals surface area (Å²) in [6.45, 7) is 2.73. The zero-order chi connectivity index (χ0) is 19.4. The molecule has 4 nitrogen and oxygen atoms in total. The molecule has 0 bridgehead atoms. The van der Waals surface area contributed by atoms with Crippen molar-refractivity contribution in [1.82, 2.24) is 4.90 Å². The molecule has 1 atom stereocenters. The van der Waals surface area contributed by atoms with Crippen LogP contribution in [0, 0.1) is 24.4 Å². The Bertz CT molecular complexity index is 797. The molecule has 1 unspecified atom stereocenters. The van der Waals surface area contributed by atoms with E-state index in [9.17, 15) is 18.0 Å². The van der Waals surface area contributed by atoms with E-state index in [0.717, 1.165) is 0 Å².